The standard InChI is InChI=1S/C25H15Cl2N5O8S2/c26-23-24(27)30-18-10-12(5-8-16(18)29-23)25(34)28-14-6-7-15-13(9-14)11-20(42(38,39)40)21(22(15)33)32-31-17-3-1-2-4-19(17)41(35,36)37/h1-11,33H,(H,28,34)(H,35,36,37)(H,38,39,40)/b32-31+. The van der Waals surface area contributed by atoms with E-state index in [9.17, 15) is 35.8 Å². The second kappa shape index (κ2) is 10.9. The van der Waals surface area contributed by atoms with Crippen LogP contribution < -0.4 is 5.32 Å². The van der Waals surface area contributed by atoms with E-state index in [4.69, 9.17) is 23.2 Å². The van der Waals surface area contributed by atoms with Gasteiger partial charge in [-0.05, 0) is 60.0 Å². The molecule has 42 heavy (non-hydrogen) atoms. The van der Waals surface area contributed by atoms with Gasteiger partial charge in [-0.1, -0.05) is 35.3 Å². The van der Waals surface area contributed by atoms with Gasteiger partial charge in [-0.25, -0.2) is 9.97 Å². The first kappa shape index (κ1) is 29.2. The first-order chi connectivity index (χ1) is 19.7. The molecule has 17 heteroatoms. The van der Waals surface area contributed by atoms with Crippen molar-refractivity contribution in [1.82, 2.24) is 9.97 Å². The third kappa shape index (κ3) is 5.87. The van der Waals surface area contributed by atoms with Gasteiger partial charge in [0.25, 0.3) is 26.1 Å². The zero-order valence-electron chi connectivity index (χ0n) is 20.6. The molecule has 1 heterocycles. The Morgan fingerprint density at radius 1 is 0.786 bits per heavy atom. The molecule has 4 aromatic carbocycles. The number of carbonyl (C=O) groups is 1. The van der Waals surface area contributed by atoms with E-state index in [0.717, 1.165) is 12.1 Å². The molecule has 1 aromatic heterocycles. The van der Waals surface area contributed by atoms with Crippen LogP contribution in [0, 0.1) is 0 Å². The molecule has 0 saturated heterocycles. The summed E-state index contributed by atoms with van der Waals surface area (Å²) in [6.07, 6.45) is 0. The van der Waals surface area contributed by atoms with Gasteiger partial charge >= 0.3 is 0 Å². The summed E-state index contributed by atoms with van der Waals surface area (Å²) in [6.45, 7) is 0. The molecule has 0 spiro atoms. The van der Waals surface area contributed by atoms with Crippen molar-refractivity contribution in [3.05, 3.63) is 82.6 Å². The fraction of sp³-hybridized carbons (Fsp3) is 0. The summed E-state index contributed by atoms with van der Waals surface area (Å²) in [5.41, 5.74) is 0.0722. The minimum absolute atomic E-state index is 0.0117. The molecule has 0 unspecified atom stereocenters. The number of halogens is 2. The minimum atomic E-state index is -5.00. The van der Waals surface area contributed by atoms with E-state index in [2.05, 4.69) is 25.5 Å². The lowest BCUT2D eigenvalue weighted by Crippen LogP contribution is -2.12. The highest BCUT2D eigenvalue weighted by Crippen LogP contribution is 2.42. The van der Waals surface area contributed by atoms with Crippen molar-refractivity contribution >= 4 is 88.2 Å². The Kier molecular flexibility index (Phi) is 7.57. The van der Waals surface area contributed by atoms with Gasteiger partial charge in [-0.15, -0.1) is 10.2 Å². The molecule has 0 aliphatic rings. The van der Waals surface area contributed by atoms with E-state index in [-0.39, 0.29) is 38.0 Å². The molecule has 5 rings (SSSR count). The van der Waals surface area contributed by atoms with Crippen molar-refractivity contribution in [2.45, 2.75) is 9.79 Å². The van der Waals surface area contributed by atoms with Gasteiger partial charge in [0.2, 0.25) is 0 Å². The molecule has 0 atom stereocenters. The number of carbonyl (C=O) groups excluding carboxylic acids is 1. The van der Waals surface area contributed by atoms with Crippen molar-refractivity contribution in [1.29, 1.82) is 0 Å². The maximum atomic E-state index is 12.9. The van der Waals surface area contributed by atoms with Crippen LogP contribution in [0.15, 0.2) is 86.7 Å². The molecule has 0 radical (unpaired) electrons. The number of amides is 1. The summed E-state index contributed by atoms with van der Waals surface area (Å²) in [5.74, 6) is -1.28. The summed E-state index contributed by atoms with van der Waals surface area (Å²) >= 11 is 11.8. The van der Waals surface area contributed by atoms with E-state index in [0.29, 0.717) is 11.0 Å². The number of azo groups is 1. The van der Waals surface area contributed by atoms with E-state index in [1.807, 2.05) is 0 Å². The van der Waals surface area contributed by atoms with Gasteiger partial charge < -0.3 is 10.4 Å². The summed E-state index contributed by atoms with van der Waals surface area (Å²) in [7, 11) is -9.71. The van der Waals surface area contributed by atoms with Crippen molar-refractivity contribution in [2.75, 3.05) is 5.32 Å². The topological polar surface area (TPSA) is 209 Å². The molecule has 0 aliphatic carbocycles. The zero-order chi connectivity index (χ0) is 30.4. The molecule has 1 amide bonds. The lowest BCUT2D eigenvalue weighted by atomic mass is 10.1. The molecule has 0 aliphatic heterocycles. The Bertz CT molecular complexity index is 2190. The van der Waals surface area contributed by atoms with Gasteiger partial charge in [0, 0.05) is 16.6 Å². The predicted octanol–water partition coefficient (Wildman–Crippen LogP) is 5.96. The Labute approximate surface area is 247 Å². The van der Waals surface area contributed by atoms with Crippen LogP contribution in [0.25, 0.3) is 21.8 Å². The molecular formula is C25H15Cl2N5O8S2. The molecule has 4 N–H and O–H groups in total. The number of fused-ring (bicyclic) bond motifs is 2. The predicted molar refractivity (Wildman–Crippen MR) is 153 cm³/mol. The smallest absolute Gasteiger partial charge is 0.296 e. The number of hydrogen-bond donors (Lipinski definition) is 4. The third-order valence-corrected chi connectivity index (χ3v) is 8.22. The maximum absolute atomic E-state index is 12.9. The van der Waals surface area contributed by atoms with Crippen LogP contribution in [-0.2, 0) is 20.2 Å². The molecular weight excluding hydrogens is 633 g/mol. The van der Waals surface area contributed by atoms with Crippen LogP contribution in [0.3, 0.4) is 0 Å². The number of phenols is 1. The van der Waals surface area contributed by atoms with Gasteiger partial charge in [-0.2, -0.15) is 16.8 Å². The maximum Gasteiger partial charge on any atom is 0.296 e. The molecule has 0 saturated carbocycles. The number of aromatic hydroxyl groups is 1. The number of hydrogen-bond acceptors (Lipinski definition) is 10. The van der Waals surface area contributed by atoms with Crippen LogP contribution in [-0.4, -0.2) is 46.9 Å². The number of rotatable bonds is 6. The molecule has 0 bridgehead atoms. The van der Waals surface area contributed by atoms with E-state index in [1.165, 1.54) is 54.6 Å². The highest BCUT2D eigenvalue weighted by Gasteiger charge is 2.23. The zero-order valence-corrected chi connectivity index (χ0v) is 23.7. The van der Waals surface area contributed by atoms with Crippen molar-refractivity contribution < 1.29 is 35.8 Å². The van der Waals surface area contributed by atoms with Crippen LogP contribution in [0.5, 0.6) is 5.75 Å². The number of phenolic OH excluding ortho intramolecular Hbond substituents is 1. The fourth-order valence-corrected chi connectivity index (χ4v) is 5.49. The van der Waals surface area contributed by atoms with Crippen molar-refractivity contribution in [2.24, 2.45) is 10.2 Å². The molecule has 5 aromatic rings. The highest BCUT2D eigenvalue weighted by atomic mass is 35.5. The first-order valence-corrected chi connectivity index (χ1v) is 15.1. The van der Waals surface area contributed by atoms with Crippen molar-refractivity contribution in [3.8, 4) is 5.75 Å². The number of nitrogens with zero attached hydrogens (tertiary/aromatic N) is 4. The molecule has 214 valence electrons. The monoisotopic (exact) mass is 647 g/mol. The Balaban J connectivity index is 1.53. The number of nitrogens with one attached hydrogen (secondary N) is 1. The average molecular weight is 648 g/mol. The SMILES string of the molecule is O=C(Nc1ccc2c(O)c(/N=N/c3ccccc3S(=O)(=O)O)c(S(=O)(=O)O)cc2c1)c1ccc2nc(Cl)c(Cl)nc2c1. The number of anilines is 1. The van der Waals surface area contributed by atoms with Crippen LogP contribution in [0.1, 0.15) is 10.4 Å². The number of aromatic nitrogens is 2. The minimum Gasteiger partial charge on any atom is -0.505 e. The van der Waals surface area contributed by atoms with Gasteiger partial charge in [0.1, 0.15) is 21.2 Å². The largest absolute Gasteiger partial charge is 0.505 e. The summed E-state index contributed by atoms with van der Waals surface area (Å²) < 4.78 is 66.9. The fourth-order valence-electron chi connectivity index (χ4n) is 3.94. The summed E-state index contributed by atoms with van der Waals surface area (Å²) in [5, 5.41) is 21.0. The molecule has 0 fully saturated rings. The second-order valence-corrected chi connectivity index (χ2v) is 12.1. The van der Waals surface area contributed by atoms with Gasteiger partial charge in [0.15, 0.2) is 16.1 Å². The normalized spacial score (nSPS) is 12.3. The van der Waals surface area contributed by atoms with E-state index < -0.39 is 47.4 Å². The highest BCUT2D eigenvalue weighted by molar-refractivity contribution is 7.86. The summed E-state index contributed by atoms with van der Waals surface area (Å²) in [4.78, 5) is 19.6. The number of benzene rings is 4. The van der Waals surface area contributed by atoms with E-state index >= 15 is 0 Å². The van der Waals surface area contributed by atoms with Gasteiger partial charge in [0.05, 0.1) is 11.0 Å². The summed E-state index contributed by atoms with van der Waals surface area (Å²) in [6, 6.07) is 14.5. The quantitative estimate of drug-likeness (QED) is 0.125. The lowest BCUT2D eigenvalue weighted by Gasteiger charge is -2.11. The molecule has 13 nitrogen and oxygen atoms in total. The Morgan fingerprint density at radius 2 is 1.45 bits per heavy atom. The Hall–Kier alpha value is -4.25. The third-order valence-electron chi connectivity index (χ3n) is 5.83. The Morgan fingerprint density at radius 3 is 2.14 bits per heavy atom. The second-order valence-electron chi connectivity index (χ2n) is 8.59. The first-order valence-electron chi connectivity index (χ1n) is 11.4. The van der Waals surface area contributed by atoms with Crippen LogP contribution >= 0.6 is 23.2 Å². The van der Waals surface area contributed by atoms with Crippen LogP contribution in [0.2, 0.25) is 10.3 Å². The lowest BCUT2D eigenvalue weighted by molar-refractivity contribution is 0.102. The van der Waals surface area contributed by atoms with E-state index in [1.54, 1.807) is 0 Å². The average Bonchev–Trinajstić information content (AvgIpc) is 2.92. The van der Waals surface area contributed by atoms with Crippen molar-refractivity contribution in [3.63, 3.8) is 0 Å². The van der Waals surface area contributed by atoms with Crippen LogP contribution in [0.4, 0.5) is 17.1 Å². The van der Waals surface area contributed by atoms with Gasteiger partial charge in [-0.3, -0.25) is 13.9 Å².